The van der Waals surface area contributed by atoms with E-state index in [1.807, 2.05) is 0 Å². The van der Waals surface area contributed by atoms with Gasteiger partial charge in [0.15, 0.2) is 0 Å². The second kappa shape index (κ2) is 14.1. The van der Waals surface area contributed by atoms with Crippen molar-refractivity contribution in [2.75, 3.05) is 9.80 Å². The molecule has 2 heteroatoms. The molecule has 0 bridgehead atoms. The third kappa shape index (κ3) is 6.74. The molecule has 1 unspecified atom stereocenters. The maximum absolute atomic E-state index is 3.67. The molecule has 0 saturated heterocycles. The zero-order chi connectivity index (χ0) is 34.7. The monoisotopic (exact) mass is 654 g/mol. The molecule has 3 aliphatic rings. The zero-order valence-electron chi connectivity index (χ0n) is 30.4. The van der Waals surface area contributed by atoms with Crippen LogP contribution >= 0.6 is 0 Å². The van der Waals surface area contributed by atoms with Gasteiger partial charge >= 0.3 is 0 Å². The van der Waals surface area contributed by atoms with Crippen molar-refractivity contribution in [3.63, 3.8) is 0 Å². The van der Waals surface area contributed by atoms with Gasteiger partial charge in [0, 0.05) is 39.9 Å². The summed E-state index contributed by atoms with van der Waals surface area (Å²) in [7, 11) is 0. The summed E-state index contributed by atoms with van der Waals surface area (Å²) in [5.74, 6) is 0. The molecule has 50 heavy (non-hydrogen) atoms. The standard InChI is InChI=1S/C48H50N2/c1-36-12-21-42(22-13-36)49(43-23-14-37(2)15-24-43)44-27-18-41(19-28-44)48(32-7-6-8-33-48)40-10-9-11-45(29-20-40)50(46-25-16-38(3)17-26-46)47(5)34-30-39(4)31-35-47/h10-31,34H,6-8,32-33,35H2,1-5H3. The summed E-state index contributed by atoms with van der Waals surface area (Å²) in [5.41, 5.74) is 17.2. The largest absolute Gasteiger partial charge is 0.331 e. The predicted octanol–water partition coefficient (Wildman–Crippen LogP) is 13.0. The Morgan fingerprint density at radius 3 is 1.62 bits per heavy atom. The molecule has 0 spiro atoms. The molecule has 4 aromatic carbocycles. The number of rotatable bonds is 8. The van der Waals surface area contributed by atoms with Gasteiger partial charge in [0.05, 0.1) is 5.54 Å². The summed E-state index contributed by atoms with van der Waals surface area (Å²) in [6.45, 7) is 11.0. The van der Waals surface area contributed by atoms with E-state index >= 15 is 0 Å². The van der Waals surface area contributed by atoms with Crippen LogP contribution in [-0.2, 0) is 5.41 Å². The maximum atomic E-state index is 3.67. The van der Waals surface area contributed by atoms with Gasteiger partial charge in [-0.15, -0.1) is 5.73 Å². The lowest BCUT2D eigenvalue weighted by atomic mass is 9.64. The molecule has 3 aliphatic carbocycles. The topological polar surface area (TPSA) is 6.48 Å². The highest BCUT2D eigenvalue weighted by molar-refractivity contribution is 5.77. The fraction of sp³-hybridized carbons (Fsp3) is 0.271. The van der Waals surface area contributed by atoms with Crippen LogP contribution in [0.1, 0.15) is 74.6 Å². The van der Waals surface area contributed by atoms with Crippen LogP contribution in [0.4, 0.5) is 22.7 Å². The third-order valence-electron chi connectivity index (χ3n) is 11.0. The minimum atomic E-state index is -0.184. The van der Waals surface area contributed by atoms with Crippen molar-refractivity contribution in [2.24, 2.45) is 0 Å². The summed E-state index contributed by atoms with van der Waals surface area (Å²) in [6, 6.07) is 36.1. The first-order valence-electron chi connectivity index (χ1n) is 18.4. The Bertz CT molecular complexity index is 1960. The molecule has 0 aromatic heterocycles. The van der Waals surface area contributed by atoms with Crippen LogP contribution < -0.4 is 9.80 Å². The lowest BCUT2D eigenvalue weighted by Crippen LogP contribution is -2.44. The van der Waals surface area contributed by atoms with Crippen LogP contribution in [0.15, 0.2) is 162 Å². The van der Waals surface area contributed by atoms with Crippen LogP contribution in [0.25, 0.3) is 0 Å². The Morgan fingerprint density at radius 1 is 0.580 bits per heavy atom. The molecule has 1 fully saturated rings. The van der Waals surface area contributed by atoms with E-state index in [0.717, 1.165) is 25.0 Å². The van der Waals surface area contributed by atoms with Crippen LogP contribution in [0, 0.1) is 20.8 Å². The SMILES string of the molecule is CC1=CCC(C)(N(C2=CC=C(C3(c4ccc(N(c5ccc(C)cc5)c5ccc(C)cc5)cc4)CCCCC3)C=C=C2)c2ccc(C)cc2)C=C1. The normalized spacial score (nSPS) is 19.7. The zero-order valence-corrected chi connectivity index (χ0v) is 30.4. The van der Waals surface area contributed by atoms with E-state index in [2.05, 4.69) is 190 Å². The minimum absolute atomic E-state index is 0.0503. The van der Waals surface area contributed by atoms with Gasteiger partial charge < -0.3 is 9.80 Å². The van der Waals surface area contributed by atoms with Gasteiger partial charge in [-0.1, -0.05) is 114 Å². The Labute approximate surface area is 300 Å². The van der Waals surface area contributed by atoms with Gasteiger partial charge in [-0.3, -0.25) is 0 Å². The fourth-order valence-corrected chi connectivity index (χ4v) is 8.00. The van der Waals surface area contributed by atoms with E-state index in [4.69, 9.17) is 0 Å². The third-order valence-corrected chi connectivity index (χ3v) is 11.0. The molecule has 0 radical (unpaired) electrons. The van der Waals surface area contributed by atoms with Crippen molar-refractivity contribution in [1.29, 1.82) is 0 Å². The summed E-state index contributed by atoms with van der Waals surface area (Å²) >= 11 is 0. The molecule has 0 amide bonds. The first-order chi connectivity index (χ1) is 24.2. The van der Waals surface area contributed by atoms with Crippen molar-refractivity contribution in [1.82, 2.24) is 0 Å². The number of aryl methyl sites for hydroxylation is 3. The van der Waals surface area contributed by atoms with E-state index in [1.54, 1.807) is 0 Å². The number of hydrogen-bond donors (Lipinski definition) is 0. The van der Waals surface area contributed by atoms with Gasteiger partial charge in [0.25, 0.3) is 0 Å². The molecular weight excluding hydrogens is 605 g/mol. The Hall–Kier alpha value is -5.04. The average molecular weight is 655 g/mol. The summed E-state index contributed by atoms with van der Waals surface area (Å²) in [4.78, 5) is 4.87. The van der Waals surface area contributed by atoms with Gasteiger partial charge in [-0.05, 0) is 126 Å². The molecule has 1 atom stereocenters. The summed E-state index contributed by atoms with van der Waals surface area (Å²) in [6.07, 6.45) is 23.2. The van der Waals surface area contributed by atoms with Crippen molar-refractivity contribution in [3.05, 3.63) is 184 Å². The Kier molecular flexibility index (Phi) is 9.41. The Balaban J connectivity index is 1.27. The molecule has 0 N–H and O–H groups in total. The number of benzene rings is 4. The number of allylic oxidation sites excluding steroid dienone is 6. The van der Waals surface area contributed by atoms with Crippen LogP contribution in [0.3, 0.4) is 0 Å². The van der Waals surface area contributed by atoms with Crippen molar-refractivity contribution in [3.8, 4) is 0 Å². The van der Waals surface area contributed by atoms with E-state index in [1.165, 1.54) is 75.4 Å². The number of nitrogens with zero attached hydrogens (tertiary/aromatic N) is 2. The minimum Gasteiger partial charge on any atom is -0.331 e. The van der Waals surface area contributed by atoms with E-state index in [9.17, 15) is 0 Å². The molecule has 0 aliphatic heterocycles. The lowest BCUT2D eigenvalue weighted by molar-refractivity contribution is 0.345. The van der Waals surface area contributed by atoms with Gasteiger partial charge in [0.2, 0.25) is 0 Å². The van der Waals surface area contributed by atoms with Gasteiger partial charge in [-0.25, -0.2) is 0 Å². The highest BCUT2D eigenvalue weighted by Crippen LogP contribution is 2.47. The number of anilines is 4. The Morgan fingerprint density at radius 2 is 1.10 bits per heavy atom. The van der Waals surface area contributed by atoms with Crippen molar-refractivity contribution >= 4 is 22.7 Å². The fourth-order valence-electron chi connectivity index (χ4n) is 8.00. The molecular formula is C48H50N2. The second-order valence-corrected chi connectivity index (χ2v) is 14.9. The van der Waals surface area contributed by atoms with Crippen molar-refractivity contribution in [2.45, 2.75) is 84.1 Å². The molecule has 1 saturated carbocycles. The quantitative estimate of drug-likeness (QED) is 0.174. The van der Waals surface area contributed by atoms with Crippen molar-refractivity contribution < 1.29 is 0 Å². The number of hydrogen-bond acceptors (Lipinski definition) is 2. The van der Waals surface area contributed by atoms with Crippen LogP contribution in [-0.4, -0.2) is 5.54 Å². The molecule has 2 nitrogen and oxygen atoms in total. The smallest absolute Gasteiger partial charge is 0.0643 e. The molecule has 7 rings (SSSR count). The summed E-state index contributed by atoms with van der Waals surface area (Å²) < 4.78 is 0. The lowest BCUT2D eigenvalue weighted by Gasteiger charge is -2.42. The van der Waals surface area contributed by atoms with E-state index in [0.29, 0.717) is 0 Å². The maximum Gasteiger partial charge on any atom is 0.0643 e. The van der Waals surface area contributed by atoms with E-state index in [-0.39, 0.29) is 11.0 Å². The first-order valence-corrected chi connectivity index (χ1v) is 18.4. The predicted molar refractivity (Wildman–Crippen MR) is 214 cm³/mol. The molecule has 252 valence electrons. The second-order valence-electron chi connectivity index (χ2n) is 14.9. The molecule has 0 heterocycles. The first kappa shape index (κ1) is 33.5. The molecule has 4 aromatic rings. The van der Waals surface area contributed by atoms with Gasteiger partial charge in [-0.2, -0.15) is 0 Å². The van der Waals surface area contributed by atoms with E-state index < -0.39 is 0 Å². The highest BCUT2D eigenvalue weighted by atomic mass is 15.2. The van der Waals surface area contributed by atoms with Gasteiger partial charge in [0.1, 0.15) is 0 Å². The highest BCUT2D eigenvalue weighted by Gasteiger charge is 2.37. The average Bonchev–Trinajstić information content (AvgIpc) is 3.39. The van der Waals surface area contributed by atoms with Crippen LogP contribution in [0.5, 0.6) is 0 Å². The van der Waals surface area contributed by atoms with Crippen LogP contribution in [0.2, 0.25) is 0 Å². The summed E-state index contributed by atoms with van der Waals surface area (Å²) in [5, 5.41) is 0.